The number of benzene rings is 2. The Hall–Kier alpha value is -4.66. The molecule has 0 amide bonds. The molecule has 0 spiro atoms. The maximum absolute atomic E-state index is 15.0. The predicted octanol–water partition coefficient (Wildman–Crippen LogP) is 4.69. The van der Waals surface area contributed by atoms with Crippen LogP contribution in [0.15, 0.2) is 68.6 Å². The Morgan fingerprint density at radius 3 is 2.94 bits per heavy atom. The first-order valence-corrected chi connectivity index (χ1v) is 10.2. The fraction of sp³-hybridized carbons (Fsp3) is 0.0417. The number of aromatic amines is 1. The zero-order chi connectivity index (χ0) is 22.3. The number of H-pyrrole nitrogens is 1. The normalized spacial score (nSPS) is 12.2. The number of aromatic nitrogens is 4. The van der Waals surface area contributed by atoms with Crippen LogP contribution in [0.3, 0.4) is 0 Å². The number of anilines is 1. The standard InChI is InChI=1S/C24H14FN5O3/c25-14-9-17-19(21-12(14)5-7-32-21)18-13-2-1-6-27-22(13)33-23(31)20(18)30(17)10-11-3-4-15-16(8-11)29-24(26)28-15/h1-9H,10H2,(H3,26,28,29). The van der Waals surface area contributed by atoms with Crippen molar-refractivity contribution in [2.75, 3.05) is 5.73 Å². The van der Waals surface area contributed by atoms with E-state index >= 15 is 4.39 Å². The summed E-state index contributed by atoms with van der Waals surface area (Å²) in [5.41, 5.74) is 9.03. The smallest absolute Gasteiger partial charge is 0.362 e. The third kappa shape index (κ3) is 2.41. The highest BCUT2D eigenvalue weighted by Gasteiger charge is 2.23. The highest BCUT2D eigenvalue weighted by molar-refractivity contribution is 6.25. The van der Waals surface area contributed by atoms with E-state index in [9.17, 15) is 4.79 Å². The molecule has 0 atom stereocenters. The van der Waals surface area contributed by atoms with Crippen molar-refractivity contribution in [1.29, 1.82) is 0 Å². The van der Waals surface area contributed by atoms with E-state index in [0.29, 0.717) is 44.1 Å². The molecule has 160 valence electrons. The number of hydrogen-bond donors (Lipinski definition) is 2. The van der Waals surface area contributed by atoms with Crippen molar-refractivity contribution in [3.8, 4) is 0 Å². The summed E-state index contributed by atoms with van der Waals surface area (Å²) in [5.74, 6) is -0.111. The quantitative estimate of drug-likeness (QED) is 0.404. The van der Waals surface area contributed by atoms with Crippen LogP contribution in [-0.2, 0) is 6.54 Å². The molecule has 7 aromatic rings. The maximum Gasteiger partial charge on any atom is 0.362 e. The molecule has 2 aromatic carbocycles. The molecule has 8 nitrogen and oxygen atoms in total. The van der Waals surface area contributed by atoms with Gasteiger partial charge in [0, 0.05) is 23.5 Å². The molecule has 9 heteroatoms. The molecule has 0 bridgehead atoms. The number of furan rings is 1. The molecule has 0 radical (unpaired) electrons. The van der Waals surface area contributed by atoms with Crippen molar-refractivity contribution in [3.63, 3.8) is 0 Å². The van der Waals surface area contributed by atoms with E-state index in [1.54, 1.807) is 22.9 Å². The summed E-state index contributed by atoms with van der Waals surface area (Å²) in [6, 6.07) is 12.3. The zero-order valence-corrected chi connectivity index (χ0v) is 16.9. The third-order valence-corrected chi connectivity index (χ3v) is 6.05. The Labute approximate surface area is 183 Å². The first kappa shape index (κ1) is 18.0. The van der Waals surface area contributed by atoms with E-state index in [0.717, 1.165) is 16.6 Å². The van der Waals surface area contributed by atoms with Gasteiger partial charge >= 0.3 is 5.63 Å². The topological polar surface area (TPSA) is 116 Å². The van der Waals surface area contributed by atoms with Crippen LogP contribution in [0.5, 0.6) is 0 Å². The van der Waals surface area contributed by atoms with Gasteiger partial charge in [0.25, 0.3) is 0 Å². The summed E-state index contributed by atoms with van der Waals surface area (Å²) in [6.45, 7) is 0.289. The Morgan fingerprint density at radius 2 is 2.03 bits per heavy atom. The van der Waals surface area contributed by atoms with Crippen LogP contribution in [0.1, 0.15) is 5.56 Å². The van der Waals surface area contributed by atoms with E-state index in [2.05, 4.69) is 15.0 Å². The lowest BCUT2D eigenvalue weighted by atomic mass is 10.1. The van der Waals surface area contributed by atoms with E-state index in [1.165, 1.54) is 12.3 Å². The minimum absolute atomic E-state index is 0.215. The summed E-state index contributed by atoms with van der Waals surface area (Å²) in [7, 11) is 0. The summed E-state index contributed by atoms with van der Waals surface area (Å²) in [4.78, 5) is 24.6. The van der Waals surface area contributed by atoms with Crippen molar-refractivity contribution in [2.45, 2.75) is 6.54 Å². The van der Waals surface area contributed by atoms with Crippen LogP contribution >= 0.6 is 0 Å². The summed E-state index contributed by atoms with van der Waals surface area (Å²) < 4.78 is 28.0. The maximum atomic E-state index is 15.0. The second kappa shape index (κ2) is 6.19. The number of nitrogens with zero attached hydrogens (tertiary/aromatic N) is 3. The Balaban J connectivity index is 1.64. The average molecular weight is 439 g/mol. The monoisotopic (exact) mass is 439 g/mol. The van der Waals surface area contributed by atoms with Crippen molar-refractivity contribution in [1.82, 2.24) is 19.5 Å². The van der Waals surface area contributed by atoms with E-state index in [-0.39, 0.29) is 12.3 Å². The number of nitrogens with two attached hydrogens (primary N) is 1. The summed E-state index contributed by atoms with van der Waals surface area (Å²) in [6.07, 6.45) is 3.00. The van der Waals surface area contributed by atoms with Gasteiger partial charge in [-0.25, -0.2) is 19.2 Å². The van der Waals surface area contributed by atoms with Gasteiger partial charge in [-0.3, -0.25) is 0 Å². The molecule has 0 aliphatic carbocycles. The van der Waals surface area contributed by atoms with Gasteiger partial charge < -0.3 is 24.1 Å². The Morgan fingerprint density at radius 1 is 1.12 bits per heavy atom. The van der Waals surface area contributed by atoms with Gasteiger partial charge in [0.15, 0.2) is 5.95 Å². The van der Waals surface area contributed by atoms with E-state index in [4.69, 9.17) is 14.6 Å². The fourth-order valence-electron chi connectivity index (χ4n) is 4.70. The number of pyridine rings is 1. The molecule has 0 fully saturated rings. The first-order valence-electron chi connectivity index (χ1n) is 10.2. The lowest BCUT2D eigenvalue weighted by molar-refractivity contribution is 0.553. The highest BCUT2D eigenvalue weighted by Crippen LogP contribution is 2.39. The average Bonchev–Trinajstić information content (AvgIpc) is 3.50. The number of hydrogen-bond acceptors (Lipinski definition) is 6. The minimum atomic E-state index is -0.556. The van der Waals surface area contributed by atoms with Gasteiger partial charge in [0.05, 0.1) is 33.6 Å². The number of rotatable bonds is 2. The van der Waals surface area contributed by atoms with Crippen LogP contribution in [0.25, 0.3) is 54.9 Å². The van der Waals surface area contributed by atoms with Crippen LogP contribution in [0.4, 0.5) is 10.3 Å². The number of imidazole rings is 1. The molecule has 7 rings (SSSR count). The molecule has 5 heterocycles. The number of fused-ring (bicyclic) bond motifs is 8. The molecule has 3 N–H and O–H groups in total. The zero-order valence-electron chi connectivity index (χ0n) is 16.9. The van der Waals surface area contributed by atoms with Crippen LogP contribution < -0.4 is 11.4 Å². The largest absolute Gasteiger partial charge is 0.463 e. The second-order valence-electron chi connectivity index (χ2n) is 7.94. The lowest BCUT2D eigenvalue weighted by Gasteiger charge is -2.08. The van der Waals surface area contributed by atoms with Crippen LogP contribution in [0, 0.1) is 5.82 Å². The molecular formula is C24H14FN5O3. The van der Waals surface area contributed by atoms with Crippen molar-refractivity contribution in [2.24, 2.45) is 0 Å². The van der Waals surface area contributed by atoms with E-state index < -0.39 is 11.4 Å². The second-order valence-corrected chi connectivity index (χ2v) is 7.94. The molecule has 0 unspecified atom stereocenters. The molecule has 5 aromatic heterocycles. The van der Waals surface area contributed by atoms with Gasteiger partial charge in [-0.15, -0.1) is 0 Å². The van der Waals surface area contributed by atoms with Crippen LogP contribution in [0.2, 0.25) is 0 Å². The third-order valence-electron chi connectivity index (χ3n) is 6.05. The van der Waals surface area contributed by atoms with Crippen molar-refractivity contribution < 1.29 is 13.2 Å². The Bertz CT molecular complexity index is 1960. The molecule has 0 aliphatic rings. The predicted molar refractivity (Wildman–Crippen MR) is 123 cm³/mol. The van der Waals surface area contributed by atoms with Gasteiger partial charge in [0.1, 0.15) is 16.9 Å². The Kier molecular flexibility index (Phi) is 3.37. The molecule has 33 heavy (non-hydrogen) atoms. The SMILES string of the molecule is Nc1nc2ccc(Cn3c4cc(F)c5ccoc5c4c4c5cccnc5oc(=O)c43)cc2[nH]1. The lowest BCUT2D eigenvalue weighted by Crippen LogP contribution is -2.08. The van der Waals surface area contributed by atoms with Crippen molar-refractivity contribution in [3.05, 3.63) is 76.7 Å². The van der Waals surface area contributed by atoms with Crippen molar-refractivity contribution >= 4 is 60.9 Å². The molecule has 0 saturated heterocycles. The molecule has 0 aliphatic heterocycles. The molecular weight excluding hydrogens is 425 g/mol. The number of halogens is 1. The molecule has 0 saturated carbocycles. The van der Waals surface area contributed by atoms with E-state index in [1.807, 2.05) is 24.3 Å². The summed E-state index contributed by atoms with van der Waals surface area (Å²) in [5, 5.41) is 2.26. The van der Waals surface area contributed by atoms with Crippen LogP contribution in [-0.4, -0.2) is 19.5 Å². The van der Waals surface area contributed by atoms with Gasteiger partial charge in [0.2, 0.25) is 5.71 Å². The fourth-order valence-corrected chi connectivity index (χ4v) is 4.70. The minimum Gasteiger partial charge on any atom is -0.463 e. The number of nitrogens with one attached hydrogen (secondary N) is 1. The number of nitrogen functional groups attached to an aromatic ring is 1. The highest BCUT2D eigenvalue weighted by atomic mass is 19.1. The van der Waals surface area contributed by atoms with Gasteiger partial charge in [-0.2, -0.15) is 0 Å². The first-order chi connectivity index (χ1) is 16.1. The summed E-state index contributed by atoms with van der Waals surface area (Å²) >= 11 is 0. The van der Waals surface area contributed by atoms with Gasteiger partial charge in [-0.05, 0) is 42.0 Å². The van der Waals surface area contributed by atoms with Gasteiger partial charge in [-0.1, -0.05) is 6.07 Å².